The van der Waals surface area contributed by atoms with Crippen LogP contribution in [0.5, 0.6) is 0 Å². The maximum Gasteiger partial charge on any atom is 0.0551 e. The Morgan fingerprint density at radius 1 is 0.486 bits per heavy atom. The highest BCUT2D eigenvalue weighted by Crippen LogP contribution is 2.41. The van der Waals surface area contributed by atoms with E-state index in [0.29, 0.717) is 0 Å². The summed E-state index contributed by atoms with van der Waals surface area (Å²) in [6, 6.07) is 35.6. The van der Waals surface area contributed by atoms with E-state index in [-0.39, 0.29) is 0 Å². The minimum atomic E-state index is 1.19. The van der Waals surface area contributed by atoms with E-state index < -0.39 is 0 Å². The molecule has 1 aromatic heterocycles. The average molecular weight is 442 g/mol. The van der Waals surface area contributed by atoms with Crippen LogP contribution in [-0.2, 0) is 0 Å². The van der Waals surface area contributed by atoms with Crippen LogP contribution in [0, 0.1) is 10.4 Å². The number of hydrogen-bond acceptors (Lipinski definition) is 0. The van der Waals surface area contributed by atoms with Crippen molar-refractivity contribution in [1.29, 1.82) is 0 Å². The molecule has 160 valence electrons. The molecule has 0 amide bonds. The fourth-order valence-corrected chi connectivity index (χ4v) is 6.64. The second-order valence-corrected chi connectivity index (χ2v) is 9.78. The highest BCUT2D eigenvalue weighted by molar-refractivity contribution is 6.33. The summed E-state index contributed by atoms with van der Waals surface area (Å²) < 4.78 is 0. The minimum absolute atomic E-state index is 1.19. The van der Waals surface area contributed by atoms with Gasteiger partial charge in [-0.2, -0.15) is 0 Å². The van der Waals surface area contributed by atoms with E-state index in [2.05, 4.69) is 114 Å². The summed E-state index contributed by atoms with van der Waals surface area (Å²) in [5.74, 6) is 0. The second kappa shape index (κ2) is 6.08. The van der Waals surface area contributed by atoms with Gasteiger partial charge in [-0.1, -0.05) is 91.0 Å². The molecule has 35 heavy (non-hydrogen) atoms. The molecule has 2 aliphatic rings. The van der Waals surface area contributed by atoms with Crippen molar-refractivity contribution in [3.8, 4) is 11.1 Å². The van der Waals surface area contributed by atoms with Gasteiger partial charge in [-0.25, -0.2) is 0 Å². The van der Waals surface area contributed by atoms with Crippen LogP contribution in [0.3, 0.4) is 0 Å². The lowest BCUT2D eigenvalue weighted by Crippen LogP contribution is -2.04. The molecule has 0 unspecified atom stereocenters. The molecule has 7 aromatic rings. The molecule has 0 atom stereocenters. The fraction of sp³-hybridized carbons (Fsp3) is 0. The molecule has 0 spiro atoms. The van der Waals surface area contributed by atoms with E-state index >= 15 is 0 Å². The molecule has 1 nitrogen and oxygen atoms in total. The van der Waals surface area contributed by atoms with Gasteiger partial charge in [-0.15, -0.1) is 0 Å². The van der Waals surface area contributed by atoms with Crippen molar-refractivity contribution < 1.29 is 0 Å². The Bertz CT molecular complexity index is 2320. The summed E-state index contributed by atoms with van der Waals surface area (Å²) in [6.07, 6.45) is 4.77. The van der Waals surface area contributed by atoms with Gasteiger partial charge in [-0.05, 0) is 72.1 Å². The first-order valence-electron chi connectivity index (χ1n) is 12.2. The Hall–Kier alpha value is -4.62. The van der Waals surface area contributed by atoms with E-state index in [1.165, 1.54) is 86.5 Å². The molecule has 9 rings (SSSR count). The Labute approximate surface area is 200 Å². The quantitative estimate of drug-likeness (QED) is 0.247. The van der Waals surface area contributed by atoms with E-state index in [9.17, 15) is 0 Å². The third-order valence-corrected chi connectivity index (χ3v) is 8.09. The van der Waals surface area contributed by atoms with Crippen LogP contribution in [0.1, 0.15) is 11.1 Å². The zero-order valence-electron chi connectivity index (χ0n) is 18.9. The number of aromatic nitrogens is 1. The van der Waals surface area contributed by atoms with Crippen molar-refractivity contribution in [2.75, 3.05) is 0 Å². The van der Waals surface area contributed by atoms with Gasteiger partial charge in [-0.3, -0.25) is 0 Å². The van der Waals surface area contributed by atoms with Gasteiger partial charge in [0.1, 0.15) is 0 Å². The number of rotatable bonds is 0. The molecule has 0 aliphatic heterocycles. The number of nitrogens with one attached hydrogen (secondary N) is 1. The first kappa shape index (κ1) is 17.8. The predicted molar refractivity (Wildman–Crippen MR) is 147 cm³/mol. The summed E-state index contributed by atoms with van der Waals surface area (Å²) in [5.41, 5.74) is 7.73. The van der Waals surface area contributed by atoms with Gasteiger partial charge in [0.2, 0.25) is 0 Å². The SMILES string of the molecule is C1=c2ccccc2=c2ccc3c4[nH]c5ccccc5c4c4c5c(ccc4c3c21)-c1ccccc1C=5. The number of benzene rings is 6. The van der Waals surface area contributed by atoms with Gasteiger partial charge >= 0.3 is 0 Å². The maximum atomic E-state index is 3.81. The summed E-state index contributed by atoms with van der Waals surface area (Å²) in [4.78, 5) is 3.81. The number of hydrogen-bond donors (Lipinski definition) is 1. The van der Waals surface area contributed by atoms with Crippen molar-refractivity contribution in [3.05, 3.63) is 129 Å². The Kier molecular flexibility index (Phi) is 3.09. The van der Waals surface area contributed by atoms with Gasteiger partial charge in [0, 0.05) is 27.1 Å². The van der Waals surface area contributed by atoms with E-state index in [0.717, 1.165) is 0 Å². The van der Waals surface area contributed by atoms with Crippen LogP contribution in [0.2, 0.25) is 0 Å². The summed E-state index contributed by atoms with van der Waals surface area (Å²) in [7, 11) is 0. The maximum absolute atomic E-state index is 3.81. The smallest absolute Gasteiger partial charge is 0.0551 e. The zero-order valence-corrected chi connectivity index (χ0v) is 18.9. The largest absolute Gasteiger partial charge is 0.354 e. The topological polar surface area (TPSA) is 15.8 Å². The number of aromatic amines is 1. The normalized spacial score (nSPS) is 13.0. The van der Waals surface area contributed by atoms with E-state index in [1.54, 1.807) is 0 Å². The van der Waals surface area contributed by atoms with Crippen molar-refractivity contribution >= 4 is 55.5 Å². The Morgan fingerprint density at radius 3 is 2.31 bits per heavy atom. The van der Waals surface area contributed by atoms with Crippen LogP contribution in [0.25, 0.3) is 66.6 Å². The fourth-order valence-electron chi connectivity index (χ4n) is 6.64. The van der Waals surface area contributed by atoms with Gasteiger partial charge in [0.15, 0.2) is 0 Å². The molecular weight excluding hydrogens is 422 g/mol. The Balaban J connectivity index is 1.63. The van der Waals surface area contributed by atoms with Crippen molar-refractivity contribution in [2.24, 2.45) is 0 Å². The summed E-state index contributed by atoms with van der Waals surface area (Å²) in [5, 5.41) is 13.3. The molecule has 0 bridgehead atoms. The molecule has 6 aromatic carbocycles. The number of fused-ring (bicyclic) bond motifs is 15. The molecule has 1 heteroatoms. The van der Waals surface area contributed by atoms with Crippen LogP contribution in [0.15, 0.2) is 97.1 Å². The number of para-hydroxylation sites is 1. The average Bonchev–Trinajstić information content (AvgIpc) is 3.59. The van der Waals surface area contributed by atoms with Gasteiger partial charge in [0.05, 0.1) is 5.52 Å². The molecule has 1 N–H and O–H groups in total. The lowest BCUT2D eigenvalue weighted by atomic mass is 9.91. The van der Waals surface area contributed by atoms with Crippen LogP contribution < -0.4 is 10.4 Å². The molecular formula is C34H19N. The molecule has 0 saturated carbocycles. The second-order valence-electron chi connectivity index (χ2n) is 9.78. The van der Waals surface area contributed by atoms with Gasteiger partial charge < -0.3 is 4.98 Å². The molecule has 0 saturated heterocycles. The molecule has 1 heterocycles. The lowest BCUT2D eigenvalue weighted by Gasteiger charge is -2.12. The van der Waals surface area contributed by atoms with E-state index in [1.807, 2.05) is 0 Å². The monoisotopic (exact) mass is 441 g/mol. The summed E-state index contributed by atoms with van der Waals surface area (Å²) >= 11 is 0. The highest BCUT2D eigenvalue weighted by atomic mass is 14.7. The minimum Gasteiger partial charge on any atom is -0.354 e. The first-order chi connectivity index (χ1) is 17.4. The van der Waals surface area contributed by atoms with Crippen molar-refractivity contribution in [2.45, 2.75) is 0 Å². The third kappa shape index (κ3) is 2.10. The predicted octanol–water partition coefficient (Wildman–Crippen LogP) is 6.87. The standard InChI is InChI=1S/C34H19N/c1-3-9-21-19(7-1)17-28-23(21)14-16-27-31(28)26-15-13-24-22-10-4-2-8-20(22)18-29(24)32(26)33-25-11-5-6-12-30(25)35-34(27)33/h1-18,35H. The molecule has 2 aliphatic carbocycles. The lowest BCUT2D eigenvalue weighted by molar-refractivity contribution is 1.49. The highest BCUT2D eigenvalue weighted by Gasteiger charge is 2.21. The molecule has 0 radical (unpaired) electrons. The van der Waals surface area contributed by atoms with Crippen molar-refractivity contribution in [1.82, 2.24) is 4.98 Å². The van der Waals surface area contributed by atoms with Crippen LogP contribution in [0.4, 0.5) is 0 Å². The zero-order chi connectivity index (χ0) is 22.7. The van der Waals surface area contributed by atoms with Crippen molar-refractivity contribution in [3.63, 3.8) is 0 Å². The van der Waals surface area contributed by atoms with E-state index in [4.69, 9.17) is 0 Å². The van der Waals surface area contributed by atoms with Crippen LogP contribution >= 0.6 is 0 Å². The van der Waals surface area contributed by atoms with Crippen LogP contribution in [-0.4, -0.2) is 4.98 Å². The Morgan fingerprint density at radius 2 is 1.31 bits per heavy atom. The summed E-state index contributed by atoms with van der Waals surface area (Å²) in [6.45, 7) is 0. The first-order valence-corrected chi connectivity index (χ1v) is 12.2. The molecule has 0 fully saturated rings. The number of H-pyrrole nitrogens is 1. The third-order valence-electron chi connectivity index (χ3n) is 8.09. The van der Waals surface area contributed by atoms with Gasteiger partial charge in [0.25, 0.3) is 0 Å².